The van der Waals surface area contributed by atoms with E-state index in [-0.39, 0.29) is 13.2 Å². The molecule has 9 heteroatoms. The van der Waals surface area contributed by atoms with Gasteiger partial charge in [-0.1, -0.05) is 36.4 Å². The minimum atomic E-state index is -3.61. The summed E-state index contributed by atoms with van der Waals surface area (Å²) in [6, 6.07) is 14.9. The third-order valence-electron chi connectivity index (χ3n) is 4.68. The van der Waals surface area contributed by atoms with Gasteiger partial charge in [-0.2, -0.15) is 16.8 Å². The summed E-state index contributed by atoms with van der Waals surface area (Å²) in [5.41, 5.74) is 0.951. The van der Waals surface area contributed by atoms with Gasteiger partial charge in [0.2, 0.25) is 0 Å². The number of hydrogen-bond donors (Lipinski definition) is 0. The molecule has 0 N–H and O–H groups in total. The lowest BCUT2D eigenvalue weighted by Gasteiger charge is -2.40. The lowest BCUT2D eigenvalue weighted by molar-refractivity contribution is 0.228. The predicted molar refractivity (Wildman–Crippen MR) is 105 cm³/mol. The van der Waals surface area contributed by atoms with Gasteiger partial charge in [-0.3, -0.25) is 8.37 Å². The first-order valence-electron chi connectivity index (χ1n) is 8.66. The zero-order chi connectivity index (χ0) is 20.4. The van der Waals surface area contributed by atoms with Crippen LogP contribution in [-0.2, 0) is 34.0 Å². The van der Waals surface area contributed by atoms with Crippen LogP contribution in [0.5, 0.6) is 11.5 Å². The van der Waals surface area contributed by atoms with E-state index >= 15 is 0 Å². The standard InChI is InChI=1S/C19H22O7S2/c1-27(20,21)24-13-11-19(12-14-25-28(2,22)23)15-7-3-5-9-17(15)26-18-10-6-4-8-16(18)19/h3-10H,11-14H2,1-2H3. The topological polar surface area (TPSA) is 96.0 Å². The molecule has 2 aromatic carbocycles. The molecule has 0 amide bonds. The number of ether oxygens (including phenoxy) is 1. The first-order valence-corrected chi connectivity index (χ1v) is 12.3. The quantitative estimate of drug-likeness (QED) is 0.599. The van der Waals surface area contributed by atoms with E-state index in [0.717, 1.165) is 23.6 Å². The molecule has 1 aliphatic heterocycles. The highest BCUT2D eigenvalue weighted by Gasteiger charge is 2.42. The summed E-state index contributed by atoms with van der Waals surface area (Å²) in [4.78, 5) is 0. The summed E-state index contributed by atoms with van der Waals surface area (Å²) in [5, 5.41) is 0. The molecule has 0 saturated carbocycles. The van der Waals surface area contributed by atoms with Crippen LogP contribution in [0.2, 0.25) is 0 Å². The number of rotatable bonds is 8. The largest absolute Gasteiger partial charge is 0.457 e. The van der Waals surface area contributed by atoms with Gasteiger partial charge in [0.05, 0.1) is 25.7 Å². The van der Waals surface area contributed by atoms with Gasteiger partial charge in [-0.05, 0) is 25.0 Å². The van der Waals surface area contributed by atoms with Crippen LogP contribution in [0, 0.1) is 0 Å². The molecule has 0 spiro atoms. The van der Waals surface area contributed by atoms with Gasteiger partial charge in [0.25, 0.3) is 20.2 Å². The van der Waals surface area contributed by atoms with Crippen molar-refractivity contribution in [3.05, 3.63) is 59.7 Å². The first-order chi connectivity index (χ1) is 13.1. The second-order valence-electron chi connectivity index (χ2n) is 6.73. The van der Waals surface area contributed by atoms with Gasteiger partial charge in [0.15, 0.2) is 0 Å². The summed E-state index contributed by atoms with van der Waals surface area (Å²) in [7, 11) is -7.22. The van der Waals surface area contributed by atoms with Crippen LogP contribution < -0.4 is 4.74 Å². The van der Waals surface area contributed by atoms with E-state index in [1.54, 1.807) is 0 Å². The molecule has 0 saturated heterocycles. The van der Waals surface area contributed by atoms with Crippen LogP contribution in [0.25, 0.3) is 0 Å². The molecular formula is C19H22O7S2. The third kappa shape index (κ3) is 4.72. The molecule has 0 unspecified atom stereocenters. The van der Waals surface area contributed by atoms with Crippen molar-refractivity contribution in [2.75, 3.05) is 25.7 Å². The molecule has 0 bridgehead atoms. The molecule has 2 aromatic rings. The molecule has 1 heterocycles. The van der Waals surface area contributed by atoms with Gasteiger partial charge in [0, 0.05) is 16.5 Å². The monoisotopic (exact) mass is 426 g/mol. The third-order valence-corrected chi connectivity index (χ3v) is 5.87. The zero-order valence-electron chi connectivity index (χ0n) is 15.6. The summed E-state index contributed by atoms with van der Waals surface area (Å²) in [6.07, 6.45) is 2.62. The number of hydrogen-bond acceptors (Lipinski definition) is 7. The van der Waals surface area contributed by atoms with Gasteiger partial charge in [-0.15, -0.1) is 0 Å². The Hall–Kier alpha value is -1.94. The predicted octanol–water partition coefficient (Wildman–Crippen LogP) is 2.81. The van der Waals surface area contributed by atoms with E-state index in [1.807, 2.05) is 48.5 Å². The van der Waals surface area contributed by atoms with Gasteiger partial charge >= 0.3 is 0 Å². The van der Waals surface area contributed by atoms with E-state index in [9.17, 15) is 16.8 Å². The van der Waals surface area contributed by atoms with Gasteiger partial charge < -0.3 is 4.74 Å². The number of para-hydroxylation sites is 2. The van der Waals surface area contributed by atoms with E-state index < -0.39 is 25.7 Å². The molecular weight excluding hydrogens is 404 g/mol. The van der Waals surface area contributed by atoms with Crippen molar-refractivity contribution in [1.29, 1.82) is 0 Å². The zero-order valence-corrected chi connectivity index (χ0v) is 17.3. The average molecular weight is 427 g/mol. The van der Waals surface area contributed by atoms with Crippen molar-refractivity contribution >= 4 is 20.2 Å². The van der Waals surface area contributed by atoms with Crippen molar-refractivity contribution in [2.24, 2.45) is 0 Å². The van der Waals surface area contributed by atoms with Gasteiger partial charge in [0.1, 0.15) is 11.5 Å². The van der Waals surface area contributed by atoms with Crippen LogP contribution >= 0.6 is 0 Å². The van der Waals surface area contributed by atoms with E-state index in [0.29, 0.717) is 24.3 Å². The molecule has 1 aliphatic rings. The average Bonchev–Trinajstić information content (AvgIpc) is 2.59. The van der Waals surface area contributed by atoms with Crippen LogP contribution in [-0.4, -0.2) is 42.6 Å². The Bertz CT molecular complexity index is 974. The van der Waals surface area contributed by atoms with E-state index in [4.69, 9.17) is 13.1 Å². The van der Waals surface area contributed by atoms with Crippen LogP contribution in [0.1, 0.15) is 24.0 Å². The number of benzene rings is 2. The Morgan fingerprint density at radius 1 is 0.750 bits per heavy atom. The maximum Gasteiger partial charge on any atom is 0.264 e. The fourth-order valence-electron chi connectivity index (χ4n) is 3.56. The normalized spacial score (nSPS) is 15.4. The smallest absolute Gasteiger partial charge is 0.264 e. The van der Waals surface area contributed by atoms with Gasteiger partial charge in [-0.25, -0.2) is 0 Å². The van der Waals surface area contributed by atoms with Crippen LogP contribution in [0.15, 0.2) is 48.5 Å². The lowest BCUT2D eigenvalue weighted by Crippen LogP contribution is -2.34. The van der Waals surface area contributed by atoms with E-state index in [2.05, 4.69) is 0 Å². The van der Waals surface area contributed by atoms with Crippen molar-refractivity contribution in [3.63, 3.8) is 0 Å². The highest BCUT2D eigenvalue weighted by Crippen LogP contribution is 2.51. The molecule has 28 heavy (non-hydrogen) atoms. The maximum absolute atomic E-state index is 11.5. The minimum Gasteiger partial charge on any atom is -0.457 e. The Kier molecular flexibility index (Phi) is 5.81. The Morgan fingerprint density at radius 3 is 1.54 bits per heavy atom. The fourth-order valence-corrected chi connectivity index (χ4v) is 4.34. The number of fused-ring (bicyclic) bond motifs is 2. The summed E-state index contributed by atoms with van der Waals surface area (Å²) in [5.74, 6) is 1.28. The van der Waals surface area contributed by atoms with Crippen molar-refractivity contribution in [1.82, 2.24) is 0 Å². The molecule has 3 rings (SSSR count). The fraction of sp³-hybridized carbons (Fsp3) is 0.368. The molecule has 152 valence electrons. The molecule has 0 atom stereocenters. The van der Waals surface area contributed by atoms with Crippen LogP contribution in [0.3, 0.4) is 0 Å². The first kappa shape index (κ1) is 20.8. The molecule has 0 fully saturated rings. The molecule has 0 aliphatic carbocycles. The SMILES string of the molecule is CS(=O)(=O)OCCC1(CCOS(C)(=O)=O)c2ccccc2Oc2ccccc21. The molecule has 0 aromatic heterocycles. The highest BCUT2D eigenvalue weighted by molar-refractivity contribution is 7.86. The Balaban J connectivity index is 2.06. The minimum absolute atomic E-state index is 0.0552. The summed E-state index contributed by atoms with van der Waals surface area (Å²) >= 11 is 0. The van der Waals surface area contributed by atoms with Crippen LogP contribution in [0.4, 0.5) is 0 Å². The van der Waals surface area contributed by atoms with Crippen molar-refractivity contribution in [3.8, 4) is 11.5 Å². The Labute approximate surface area is 165 Å². The van der Waals surface area contributed by atoms with Crippen molar-refractivity contribution in [2.45, 2.75) is 18.3 Å². The molecule has 0 radical (unpaired) electrons. The molecule has 7 nitrogen and oxygen atoms in total. The maximum atomic E-state index is 11.5. The second kappa shape index (κ2) is 7.82. The summed E-state index contributed by atoms with van der Waals surface area (Å²) in [6.45, 7) is -0.110. The van der Waals surface area contributed by atoms with E-state index in [1.165, 1.54) is 0 Å². The Morgan fingerprint density at radius 2 is 1.14 bits per heavy atom. The van der Waals surface area contributed by atoms with Crippen molar-refractivity contribution < 1.29 is 29.9 Å². The summed E-state index contributed by atoms with van der Waals surface area (Å²) < 4.78 is 61.9. The highest BCUT2D eigenvalue weighted by atomic mass is 32.2. The lowest BCUT2D eigenvalue weighted by atomic mass is 9.68. The second-order valence-corrected chi connectivity index (χ2v) is 10.0.